The normalized spacial score (nSPS) is 12.1. The Morgan fingerprint density at radius 3 is 2.73 bits per heavy atom. The van der Waals surface area contributed by atoms with Gasteiger partial charge in [0, 0.05) is 21.2 Å². The van der Waals surface area contributed by atoms with Crippen LogP contribution in [0, 0.1) is 0 Å². The Morgan fingerprint density at radius 2 is 2.13 bits per heavy atom. The lowest BCUT2D eigenvalue weighted by Gasteiger charge is -1.91. The van der Waals surface area contributed by atoms with Crippen LogP contribution in [-0.4, -0.2) is 19.8 Å². The highest BCUT2D eigenvalue weighted by atomic mass is 32.2. The van der Waals surface area contributed by atoms with Crippen molar-refractivity contribution in [2.45, 2.75) is 5.75 Å². The van der Waals surface area contributed by atoms with Crippen molar-refractivity contribution in [3.63, 3.8) is 0 Å². The monoisotopic (exact) mass is 242 g/mol. The number of rotatable bonds is 2. The van der Waals surface area contributed by atoms with Crippen LogP contribution in [0.15, 0.2) is 24.3 Å². The van der Waals surface area contributed by atoms with Crippen molar-refractivity contribution >= 4 is 31.3 Å². The molecular formula is C10H10O3S2. The number of fused-ring (bicyclic) bond motifs is 1. The molecule has 3 nitrogen and oxygen atoms in total. The Hall–Kier alpha value is -1.07. The maximum absolute atomic E-state index is 11.1. The smallest absolute Gasteiger partial charge is 0.152 e. The van der Waals surface area contributed by atoms with Gasteiger partial charge in [-0.3, -0.25) is 0 Å². The topological polar surface area (TPSA) is 54.4 Å². The fourth-order valence-corrected chi connectivity index (χ4v) is 3.79. The molecule has 2 aromatic rings. The number of phenols is 1. The van der Waals surface area contributed by atoms with Gasteiger partial charge < -0.3 is 5.11 Å². The zero-order valence-corrected chi connectivity index (χ0v) is 9.73. The summed E-state index contributed by atoms with van der Waals surface area (Å²) in [5.41, 5.74) is 0. The Bertz CT molecular complexity index is 596. The van der Waals surface area contributed by atoms with E-state index < -0.39 is 9.84 Å². The highest BCUT2D eigenvalue weighted by molar-refractivity contribution is 7.90. The van der Waals surface area contributed by atoms with Gasteiger partial charge in [0.05, 0.1) is 5.75 Å². The van der Waals surface area contributed by atoms with E-state index in [-0.39, 0.29) is 11.5 Å². The molecule has 0 aliphatic heterocycles. The number of thiophene rings is 1. The first-order chi connectivity index (χ1) is 6.96. The van der Waals surface area contributed by atoms with Crippen LogP contribution in [0.1, 0.15) is 4.88 Å². The molecule has 0 saturated heterocycles. The molecule has 0 unspecified atom stereocenters. The fourth-order valence-electron chi connectivity index (χ4n) is 1.43. The molecule has 0 spiro atoms. The van der Waals surface area contributed by atoms with Crippen LogP contribution in [0.2, 0.25) is 0 Å². The number of sulfone groups is 1. The summed E-state index contributed by atoms with van der Waals surface area (Å²) >= 11 is 1.40. The van der Waals surface area contributed by atoms with E-state index in [0.717, 1.165) is 15.0 Å². The standard InChI is InChI=1S/C10H10O3S2/c1-15(12,13)6-7-5-8-9(11)3-2-4-10(8)14-7/h2-5,11H,6H2,1H3. The lowest BCUT2D eigenvalue weighted by atomic mass is 10.2. The maximum atomic E-state index is 11.1. The summed E-state index contributed by atoms with van der Waals surface area (Å²) < 4.78 is 23.1. The van der Waals surface area contributed by atoms with Crippen molar-refractivity contribution in [2.24, 2.45) is 0 Å². The Kier molecular flexibility index (Phi) is 2.44. The predicted octanol–water partition coefficient (Wildman–Crippen LogP) is 2.15. The molecule has 0 saturated carbocycles. The average molecular weight is 242 g/mol. The third-order valence-corrected chi connectivity index (χ3v) is 4.11. The first-order valence-corrected chi connectivity index (χ1v) is 7.21. The van der Waals surface area contributed by atoms with Gasteiger partial charge in [-0.05, 0) is 18.2 Å². The largest absolute Gasteiger partial charge is 0.507 e. The minimum atomic E-state index is -3.01. The van der Waals surface area contributed by atoms with Crippen molar-refractivity contribution in [3.05, 3.63) is 29.1 Å². The molecule has 1 aromatic heterocycles. The summed E-state index contributed by atoms with van der Waals surface area (Å²) in [6.45, 7) is 0. The summed E-state index contributed by atoms with van der Waals surface area (Å²) in [7, 11) is -3.01. The van der Waals surface area contributed by atoms with Crippen molar-refractivity contribution < 1.29 is 13.5 Å². The Morgan fingerprint density at radius 1 is 1.40 bits per heavy atom. The van der Waals surface area contributed by atoms with Crippen LogP contribution in [0.5, 0.6) is 5.75 Å². The third-order valence-electron chi connectivity index (χ3n) is 1.99. The lowest BCUT2D eigenvalue weighted by Crippen LogP contribution is -1.98. The molecule has 0 aliphatic carbocycles. The minimum Gasteiger partial charge on any atom is -0.507 e. The first kappa shape index (κ1) is 10.4. The van der Waals surface area contributed by atoms with E-state index in [4.69, 9.17) is 0 Å². The maximum Gasteiger partial charge on any atom is 0.152 e. The molecule has 1 N–H and O–H groups in total. The van der Waals surface area contributed by atoms with Crippen LogP contribution in [-0.2, 0) is 15.6 Å². The molecule has 0 bridgehead atoms. The average Bonchev–Trinajstić information content (AvgIpc) is 2.45. The quantitative estimate of drug-likeness (QED) is 0.878. The van der Waals surface area contributed by atoms with Crippen LogP contribution >= 0.6 is 11.3 Å². The van der Waals surface area contributed by atoms with Crippen molar-refractivity contribution in [1.82, 2.24) is 0 Å². The molecular weight excluding hydrogens is 232 g/mol. The molecule has 5 heteroatoms. The van der Waals surface area contributed by atoms with Crippen LogP contribution < -0.4 is 0 Å². The molecule has 0 amide bonds. The summed E-state index contributed by atoms with van der Waals surface area (Å²) in [5.74, 6) is 0.231. The van der Waals surface area contributed by atoms with Gasteiger partial charge in [-0.25, -0.2) is 8.42 Å². The third kappa shape index (κ3) is 2.30. The van der Waals surface area contributed by atoms with Crippen LogP contribution in [0.3, 0.4) is 0 Å². The number of benzene rings is 1. The van der Waals surface area contributed by atoms with Gasteiger partial charge in [0.1, 0.15) is 5.75 Å². The molecule has 80 valence electrons. The first-order valence-electron chi connectivity index (χ1n) is 4.34. The van der Waals surface area contributed by atoms with E-state index in [1.165, 1.54) is 17.6 Å². The molecule has 0 radical (unpaired) electrons. The van der Waals surface area contributed by atoms with E-state index in [9.17, 15) is 13.5 Å². The molecule has 1 aromatic carbocycles. The van der Waals surface area contributed by atoms with Gasteiger partial charge >= 0.3 is 0 Å². The van der Waals surface area contributed by atoms with E-state index in [1.807, 2.05) is 6.07 Å². The Labute approximate surface area is 91.9 Å². The Balaban J connectivity index is 2.53. The molecule has 0 fully saturated rings. The summed E-state index contributed by atoms with van der Waals surface area (Å²) in [5, 5.41) is 10.3. The lowest BCUT2D eigenvalue weighted by molar-refractivity contribution is 0.482. The SMILES string of the molecule is CS(=O)(=O)Cc1cc2c(O)cccc2s1. The molecule has 1 heterocycles. The van der Waals surface area contributed by atoms with Gasteiger partial charge in [-0.1, -0.05) is 6.07 Å². The van der Waals surface area contributed by atoms with Crippen LogP contribution in [0.4, 0.5) is 0 Å². The van der Waals surface area contributed by atoms with Crippen molar-refractivity contribution in [1.29, 1.82) is 0 Å². The van der Waals surface area contributed by atoms with Gasteiger partial charge in [0.2, 0.25) is 0 Å². The van der Waals surface area contributed by atoms with E-state index in [1.54, 1.807) is 18.2 Å². The minimum absolute atomic E-state index is 0.0335. The van der Waals surface area contributed by atoms with Gasteiger partial charge in [0.15, 0.2) is 9.84 Å². The number of hydrogen-bond acceptors (Lipinski definition) is 4. The second-order valence-corrected chi connectivity index (χ2v) is 6.78. The number of aromatic hydroxyl groups is 1. The predicted molar refractivity (Wildman–Crippen MR) is 62.0 cm³/mol. The number of hydrogen-bond donors (Lipinski definition) is 1. The van der Waals surface area contributed by atoms with Gasteiger partial charge in [0.25, 0.3) is 0 Å². The highest BCUT2D eigenvalue weighted by Crippen LogP contribution is 2.32. The highest BCUT2D eigenvalue weighted by Gasteiger charge is 2.09. The molecule has 15 heavy (non-hydrogen) atoms. The van der Waals surface area contributed by atoms with E-state index >= 15 is 0 Å². The zero-order chi connectivity index (χ0) is 11.1. The molecule has 0 atom stereocenters. The fraction of sp³-hybridized carbons (Fsp3) is 0.200. The van der Waals surface area contributed by atoms with Crippen LogP contribution in [0.25, 0.3) is 10.1 Å². The van der Waals surface area contributed by atoms with Crippen molar-refractivity contribution in [2.75, 3.05) is 6.26 Å². The molecule has 2 rings (SSSR count). The number of phenolic OH excluding ortho intramolecular Hbond substituents is 1. The molecule has 0 aliphatic rings. The summed E-state index contributed by atoms with van der Waals surface area (Å²) in [6, 6.07) is 6.94. The van der Waals surface area contributed by atoms with Gasteiger partial charge in [-0.2, -0.15) is 0 Å². The van der Waals surface area contributed by atoms with Gasteiger partial charge in [-0.15, -0.1) is 11.3 Å². The second-order valence-electron chi connectivity index (χ2n) is 3.47. The second kappa shape index (κ2) is 3.50. The summed E-state index contributed by atoms with van der Waals surface area (Å²) in [4.78, 5) is 0.758. The van der Waals surface area contributed by atoms with E-state index in [0.29, 0.717) is 0 Å². The van der Waals surface area contributed by atoms with Crippen molar-refractivity contribution in [3.8, 4) is 5.75 Å². The zero-order valence-electron chi connectivity index (χ0n) is 8.10. The summed E-state index contributed by atoms with van der Waals surface area (Å²) in [6.07, 6.45) is 1.21. The van der Waals surface area contributed by atoms with E-state index in [2.05, 4.69) is 0 Å².